The Morgan fingerprint density at radius 1 is 1.68 bits per heavy atom. The monoisotopic (exact) mass is 282 g/mol. The van der Waals surface area contributed by atoms with E-state index in [2.05, 4.69) is 17.2 Å². The number of rotatable bonds is 4. The molecule has 0 amide bonds. The highest BCUT2D eigenvalue weighted by atomic mass is 35.5. The highest BCUT2D eigenvalue weighted by molar-refractivity contribution is 6.29. The summed E-state index contributed by atoms with van der Waals surface area (Å²) in [6.07, 6.45) is 3.62. The van der Waals surface area contributed by atoms with Crippen LogP contribution in [0.15, 0.2) is 30.4 Å². The SMILES string of the molecule is CC[C@H]1CN/C(=C\[N+](=O)[O-])N1Cc1ccc(Cl)nc1. The maximum absolute atomic E-state index is 10.6. The van der Waals surface area contributed by atoms with E-state index in [4.69, 9.17) is 11.6 Å². The molecule has 0 bridgehead atoms. The topological polar surface area (TPSA) is 71.3 Å². The Morgan fingerprint density at radius 2 is 2.47 bits per heavy atom. The minimum absolute atomic E-state index is 0.252. The molecule has 1 fully saturated rings. The Labute approximate surface area is 116 Å². The summed E-state index contributed by atoms with van der Waals surface area (Å²) in [5.74, 6) is 0.548. The maximum Gasteiger partial charge on any atom is 0.274 e. The van der Waals surface area contributed by atoms with Gasteiger partial charge in [0.15, 0.2) is 5.82 Å². The molecule has 0 radical (unpaired) electrons. The second-order valence-electron chi connectivity index (χ2n) is 4.36. The molecule has 6 nitrogen and oxygen atoms in total. The highest BCUT2D eigenvalue weighted by Gasteiger charge is 2.28. The lowest BCUT2D eigenvalue weighted by atomic mass is 10.2. The van der Waals surface area contributed by atoms with Gasteiger partial charge in [-0.1, -0.05) is 24.6 Å². The van der Waals surface area contributed by atoms with Gasteiger partial charge in [-0.2, -0.15) is 0 Å². The summed E-state index contributed by atoms with van der Waals surface area (Å²) in [6.45, 7) is 3.36. The molecule has 1 saturated heterocycles. The molecular formula is C12H15ClN4O2. The van der Waals surface area contributed by atoms with E-state index in [9.17, 15) is 10.1 Å². The third-order valence-corrected chi connectivity index (χ3v) is 3.33. The van der Waals surface area contributed by atoms with Gasteiger partial charge in [-0.25, -0.2) is 4.98 Å². The Kier molecular flexibility index (Phi) is 4.21. The average Bonchev–Trinajstić information content (AvgIpc) is 2.74. The molecule has 1 N–H and O–H groups in total. The van der Waals surface area contributed by atoms with Gasteiger partial charge in [0.2, 0.25) is 0 Å². The number of halogens is 1. The first-order valence-electron chi connectivity index (χ1n) is 6.06. The van der Waals surface area contributed by atoms with Crippen molar-refractivity contribution in [2.75, 3.05) is 6.54 Å². The molecule has 2 heterocycles. The molecule has 0 saturated carbocycles. The zero-order valence-corrected chi connectivity index (χ0v) is 11.3. The van der Waals surface area contributed by atoms with Crippen LogP contribution in [0.3, 0.4) is 0 Å². The van der Waals surface area contributed by atoms with Crippen LogP contribution in [-0.2, 0) is 6.54 Å². The van der Waals surface area contributed by atoms with Crippen molar-refractivity contribution in [3.8, 4) is 0 Å². The first-order valence-corrected chi connectivity index (χ1v) is 6.44. The van der Waals surface area contributed by atoms with E-state index in [-0.39, 0.29) is 6.04 Å². The second kappa shape index (κ2) is 5.88. The van der Waals surface area contributed by atoms with Crippen molar-refractivity contribution >= 4 is 11.6 Å². The largest absolute Gasteiger partial charge is 0.365 e. The summed E-state index contributed by atoms with van der Waals surface area (Å²) in [6, 6.07) is 3.85. The van der Waals surface area contributed by atoms with Crippen LogP contribution < -0.4 is 5.32 Å². The van der Waals surface area contributed by atoms with Crippen LogP contribution in [-0.4, -0.2) is 27.4 Å². The van der Waals surface area contributed by atoms with Crippen molar-refractivity contribution < 1.29 is 4.92 Å². The summed E-state index contributed by atoms with van der Waals surface area (Å²) in [5, 5.41) is 14.1. The van der Waals surface area contributed by atoms with E-state index in [0.717, 1.165) is 24.7 Å². The minimum atomic E-state index is -0.437. The molecule has 0 aromatic carbocycles. The van der Waals surface area contributed by atoms with E-state index >= 15 is 0 Å². The summed E-state index contributed by atoms with van der Waals surface area (Å²) >= 11 is 5.74. The Hall–Kier alpha value is -1.82. The summed E-state index contributed by atoms with van der Waals surface area (Å²) < 4.78 is 0. The summed E-state index contributed by atoms with van der Waals surface area (Å²) in [4.78, 5) is 16.2. The second-order valence-corrected chi connectivity index (χ2v) is 4.75. The predicted octanol–water partition coefficient (Wildman–Crippen LogP) is 1.99. The average molecular weight is 283 g/mol. The summed E-state index contributed by atoms with van der Waals surface area (Å²) in [5.41, 5.74) is 0.973. The van der Waals surface area contributed by atoms with E-state index in [1.165, 1.54) is 0 Å². The molecule has 1 aliphatic rings. The van der Waals surface area contributed by atoms with Crippen molar-refractivity contribution in [2.24, 2.45) is 0 Å². The number of nitro groups is 1. The van der Waals surface area contributed by atoms with Crippen LogP contribution in [0.4, 0.5) is 0 Å². The molecule has 7 heteroatoms. The van der Waals surface area contributed by atoms with Gasteiger partial charge in [-0.05, 0) is 18.1 Å². The minimum Gasteiger partial charge on any atom is -0.365 e. The number of aromatic nitrogens is 1. The van der Waals surface area contributed by atoms with Crippen LogP contribution in [0.1, 0.15) is 18.9 Å². The van der Waals surface area contributed by atoms with E-state index in [1.54, 1.807) is 12.3 Å². The van der Waals surface area contributed by atoms with Gasteiger partial charge >= 0.3 is 0 Å². The summed E-state index contributed by atoms with van der Waals surface area (Å²) in [7, 11) is 0. The van der Waals surface area contributed by atoms with Crippen molar-refractivity contribution in [2.45, 2.75) is 25.9 Å². The Balaban J connectivity index is 2.18. The maximum atomic E-state index is 10.6. The molecular weight excluding hydrogens is 268 g/mol. The first-order chi connectivity index (χ1) is 9.10. The number of hydrogen-bond acceptors (Lipinski definition) is 5. The number of hydrogen-bond donors (Lipinski definition) is 1. The Bertz CT molecular complexity index is 489. The number of pyridine rings is 1. The fourth-order valence-corrected chi connectivity index (χ4v) is 2.24. The molecule has 1 atom stereocenters. The molecule has 2 rings (SSSR count). The molecule has 1 aromatic heterocycles. The van der Waals surface area contributed by atoms with Crippen LogP contribution in [0.5, 0.6) is 0 Å². The third kappa shape index (κ3) is 3.35. The van der Waals surface area contributed by atoms with Gasteiger partial charge in [0, 0.05) is 25.3 Å². The van der Waals surface area contributed by atoms with Crippen molar-refractivity contribution in [3.63, 3.8) is 0 Å². The normalized spacial score (nSPS) is 20.6. The molecule has 0 aliphatic carbocycles. The standard InChI is InChI=1S/C12H15ClN4O2/c1-2-10-6-15-12(8-17(18)19)16(10)7-9-3-4-11(13)14-5-9/h3-5,8,10,15H,2,6-7H2,1H3/b12-8+/t10-/m0/s1. The van der Waals surface area contributed by atoms with Crippen molar-refractivity contribution in [1.29, 1.82) is 0 Å². The molecule has 0 unspecified atom stereocenters. The van der Waals surface area contributed by atoms with E-state index in [0.29, 0.717) is 17.5 Å². The van der Waals surface area contributed by atoms with Crippen LogP contribution in [0.2, 0.25) is 5.15 Å². The molecule has 1 aliphatic heterocycles. The van der Waals surface area contributed by atoms with Crippen molar-refractivity contribution in [3.05, 3.63) is 51.2 Å². The first kappa shape index (κ1) is 13.6. The lowest BCUT2D eigenvalue weighted by molar-refractivity contribution is -0.404. The van der Waals surface area contributed by atoms with Crippen LogP contribution in [0.25, 0.3) is 0 Å². The van der Waals surface area contributed by atoms with Gasteiger partial charge in [-0.3, -0.25) is 10.1 Å². The van der Waals surface area contributed by atoms with Gasteiger partial charge in [-0.15, -0.1) is 0 Å². The third-order valence-electron chi connectivity index (χ3n) is 3.11. The van der Waals surface area contributed by atoms with Gasteiger partial charge in [0.05, 0.1) is 4.92 Å². The molecule has 19 heavy (non-hydrogen) atoms. The lowest BCUT2D eigenvalue weighted by Crippen LogP contribution is -2.29. The molecule has 0 spiro atoms. The van der Waals surface area contributed by atoms with Gasteiger partial charge in [0.1, 0.15) is 5.15 Å². The number of nitrogens with one attached hydrogen (secondary N) is 1. The van der Waals surface area contributed by atoms with Crippen molar-refractivity contribution in [1.82, 2.24) is 15.2 Å². The zero-order valence-electron chi connectivity index (χ0n) is 10.5. The van der Waals surface area contributed by atoms with Gasteiger partial charge in [0.25, 0.3) is 6.20 Å². The molecule has 1 aromatic rings. The highest BCUT2D eigenvalue weighted by Crippen LogP contribution is 2.20. The zero-order chi connectivity index (χ0) is 13.8. The van der Waals surface area contributed by atoms with E-state index < -0.39 is 4.92 Å². The van der Waals surface area contributed by atoms with E-state index in [1.807, 2.05) is 11.0 Å². The quantitative estimate of drug-likeness (QED) is 0.519. The van der Waals surface area contributed by atoms with Gasteiger partial charge < -0.3 is 10.2 Å². The fourth-order valence-electron chi connectivity index (χ4n) is 2.13. The smallest absolute Gasteiger partial charge is 0.274 e. The molecule has 102 valence electrons. The van der Waals surface area contributed by atoms with Crippen LogP contribution >= 0.6 is 11.6 Å². The Morgan fingerprint density at radius 3 is 3.05 bits per heavy atom. The fraction of sp³-hybridized carbons (Fsp3) is 0.417. The number of nitrogens with zero attached hydrogens (tertiary/aromatic N) is 3. The predicted molar refractivity (Wildman–Crippen MR) is 71.9 cm³/mol. The lowest BCUT2D eigenvalue weighted by Gasteiger charge is -2.24. The van der Waals surface area contributed by atoms with Crippen LogP contribution in [0, 0.1) is 10.1 Å².